The van der Waals surface area contributed by atoms with Crippen molar-refractivity contribution in [1.82, 2.24) is 0 Å². The van der Waals surface area contributed by atoms with Gasteiger partial charge in [0.05, 0.1) is 13.0 Å². The van der Waals surface area contributed by atoms with Crippen molar-refractivity contribution in [2.24, 2.45) is 11.8 Å². The smallest absolute Gasteiger partial charge is 0.308 e. The van der Waals surface area contributed by atoms with Crippen molar-refractivity contribution in [2.75, 3.05) is 7.11 Å². The van der Waals surface area contributed by atoms with Gasteiger partial charge in [0.2, 0.25) is 0 Å². The van der Waals surface area contributed by atoms with Gasteiger partial charge in [-0.3, -0.25) is 4.79 Å². The van der Waals surface area contributed by atoms with Gasteiger partial charge in [0.1, 0.15) is 0 Å². The maximum absolute atomic E-state index is 11.0. The summed E-state index contributed by atoms with van der Waals surface area (Å²) >= 11 is 0. The summed E-state index contributed by atoms with van der Waals surface area (Å²) in [5.74, 6) is 0.387. The van der Waals surface area contributed by atoms with E-state index in [2.05, 4.69) is 18.6 Å². The Labute approximate surface area is 82.7 Å². The molecule has 0 aromatic heterocycles. The number of carbonyl (C=O) groups excluding carboxylic acids is 1. The first-order chi connectivity index (χ1) is 6.13. The molecule has 80 valence electrons. The van der Waals surface area contributed by atoms with Crippen molar-refractivity contribution < 1.29 is 9.53 Å². The van der Waals surface area contributed by atoms with E-state index in [0.717, 1.165) is 12.8 Å². The third kappa shape index (κ3) is 6.62. The summed E-state index contributed by atoms with van der Waals surface area (Å²) in [7, 11) is 1.44. The predicted molar refractivity (Wildman–Crippen MR) is 56.6 cm³/mol. The highest BCUT2D eigenvalue weighted by Crippen LogP contribution is 2.17. The van der Waals surface area contributed by atoms with E-state index in [-0.39, 0.29) is 11.9 Å². The number of rotatable bonds is 4. The highest BCUT2D eigenvalue weighted by Gasteiger charge is 2.19. The summed E-state index contributed by atoms with van der Waals surface area (Å²) in [6.45, 7) is 10.1. The van der Waals surface area contributed by atoms with Gasteiger partial charge in [-0.2, -0.15) is 0 Å². The Balaban J connectivity index is 0. The molecule has 2 heteroatoms. The van der Waals surface area contributed by atoms with Crippen molar-refractivity contribution >= 4 is 5.97 Å². The van der Waals surface area contributed by atoms with Crippen LogP contribution in [-0.2, 0) is 9.53 Å². The number of hydrogen-bond acceptors (Lipinski definition) is 2. The van der Waals surface area contributed by atoms with Gasteiger partial charge >= 0.3 is 5.97 Å². The fourth-order valence-electron chi connectivity index (χ4n) is 1.12. The zero-order valence-corrected chi connectivity index (χ0v) is 9.89. The molecule has 0 bridgehead atoms. The van der Waals surface area contributed by atoms with Gasteiger partial charge in [-0.15, -0.1) is 0 Å². The standard InChI is InChI=1S/C9H18O2.C2H6/c1-5-6-7(2)8(3)9(10)11-4;1-2/h7-8H,5-6H2,1-4H3;1-2H3. The molecule has 0 N–H and O–H groups in total. The summed E-state index contributed by atoms with van der Waals surface area (Å²) in [5, 5.41) is 0. The highest BCUT2D eigenvalue weighted by atomic mass is 16.5. The van der Waals surface area contributed by atoms with Crippen LogP contribution in [-0.4, -0.2) is 13.1 Å². The van der Waals surface area contributed by atoms with Crippen LogP contribution in [0.2, 0.25) is 0 Å². The van der Waals surface area contributed by atoms with E-state index < -0.39 is 0 Å². The first-order valence-electron chi connectivity index (χ1n) is 5.21. The fraction of sp³-hybridized carbons (Fsp3) is 0.909. The quantitative estimate of drug-likeness (QED) is 0.633. The van der Waals surface area contributed by atoms with Gasteiger partial charge in [0.15, 0.2) is 0 Å². The number of methoxy groups -OCH3 is 1. The number of esters is 1. The second-order valence-corrected chi connectivity index (χ2v) is 3.08. The molecule has 0 radical (unpaired) electrons. The molecule has 2 unspecified atom stereocenters. The lowest BCUT2D eigenvalue weighted by atomic mass is 9.92. The van der Waals surface area contributed by atoms with Crippen molar-refractivity contribution in [3.8, 4) is 0 Å². The minimum Gasteiger partial charge on any atom is -0.469 e. The van der Waals surface area contributed by atoms with E-state index in [9.17, 15) is 4.79 Å². The third-order valence-electron chi connectivity index (χ3n) is 2.17. The molecular weight excluding hydrogens is 164 g/mol. The van der Waals surface area contributed by atoms with Crippen molar-refractivity contribution in [1.29, 1.82) is 0 Å². The summed E-state index contributed by atoms with van der Waals surface area (Å²) in [6.07, 6.45) is 2.22. The van der Waals surface area contributed by atoms with Crippen LogP contribution in [0.1, 0.15) is 47.5 Å². The van der Waals surface area contributed by atoms with Gasteiger partial charge in [0.25, 0.3) is 0 Å². The Hall–Kier alpha value is -0.530. The maximum Gasteiger partial charge on any atom is 0.308 e. The molecule has 0 aromatic rings. The molecule has 0 saturated heterocycles. The van der Waals surface area contributed by atoms with Gasteiger partial charge < -0.3 is 4.74 Å². The maximum atomic E-state index is 11.0. The molecule has 0 heterocycles. The second-order valence-electron chi connectivity index (χ2n) is 3.08. The lowest BCUT2D eigenvalue weighted by molar-refractivity contribution is -0.146. The first-order valence-corrected chi connectivity index (χ1v) is 5.21. The average molecular weight is 188 g/mol. The molecule has 0 spiro atoms. The Bertz CT molecular complexity index is 121. The van der Waals surface area contributed by atoms with Gasteiger partial charge in [-0.1, -0.05) is 47.5 Å². The molecule has 2 nitrogen and oxygen atoms in total. The summed E-state index contributed by atoms with van der Waals surface area (Å²) < 4.78 is 4.64. The van der Waals surface area contributed by atoms with Gasteiger partial charge in [0, 0.05) is 0 Å². The Morgan fingerprint density at radius 3 is 2.08 bits per heavy atom. The van der Waals surface area contributed by atoms with Crippen LogP contribution >= 0.6 is 0 Å². The van der Waals surface area contributed by atoms with E-state index in [1.54, 1.807) is 0 Å². The first kappa shape index (κ1) is 15.0. The van der Waals surface area contributed by atoms with E-state index >= 15 is 0 Å². The van der Waals surface area contributed by atoms with E-state index in [1.807, 2.05) is 20.8 Å². The molecule has 0 saturated carbocycles. The summed E-state index contributed by atoms with van der Waals surface area (Å²) in [5.41, 5.74) is 0. The third-order valence-corrected chi connectivity index (χ3v) is 2.17. The second kappa shape index (κ2) is 9.56. The van der Waals surface area contributed by atoms with Crippen molar-refractivity contribution in [3.63, 3.8) is 0 Å². The number of ether oxygens (including phenoxy) is 1. The zero-order valence-electron chi connectivity index (χ0n) is 9.89. The van der Waals surface area contributed by atoms with E-state index in [0.29, 0.717) is 5.92 Å². The highest BCUT2D eigenvalue weighted by molar-refractivity contribution is 5.72. The van der Waals surface area contributed by atoms with Crippen LogP contribution in [0.4, 0.5) is 0 Å². The molecule has 0 aliphatic rings. The molecular formula is C11H24O2. The Kier molecular flexibility index (Phi) is 11.0. The number of hydrogen-bond donors (Lipinski definition) is 0. The molecule has 13 heavy (non-hydrogen) atoms. The minimum atomic E-state index is -0.0917. The van der Waals surface area contributed by atoms with Crippen LogP contribution in [0.25, 0.3) is 0 Å². The molecule has 2 atom stereocenters. The van der Waals surface area contributed by atoms with Crippen LogP contribution in [0.3, 0.4) is 0 Å². The van der Waals surface area contributed by atoms with Crippen LogP contribution in [0, 0.1) is 11.8 Å². The summed E-state index contributed by atoms with van der Waals surface area (Å²) in [6, 6.07) is 0. The van der Waals surface area contributed by atoms with Crippen molar-refractivity contribution in [3.05, 3.63) is 0 Å². The van der Waals surface area contributed by atoms with Crippen LogP contribution < -0.4 is 0 Å². The molecule has 0 aromatic carbocycles. The number of carbonyl (C=O) groups is 1. The van der Waals surface area contributed by atoms with Gasteiger partial charge in [-0.05, 0) is 5.92 Å². The van der Waals surface area contributed by atoms with Crippen molar-refractivity contribution in [2.45, 2.75) is 47.5 Å². The fourth-order valence-corrected chi connectivity index (χ4v) is 1.12. The van der Waals surface area contributed by atoms with Crippen LogP contribution in [0.15, 0.2) is 0 Å². The van der Waals surface area contributed by atoms with Gasteiger partial charge in [-0.25, -0.2) is 0 Å². The molecule has 0 aliphatic heterocycles. The molecule has 0 aliphatic carbocycles. The van der Waals surface area contributed by atoms with E-state index in [1.165, 1.54) is 7.11 Å². The average Bonchev–Trinajstić information content (AvgIpc) is 2.19. The normalized spacial score (nSPS) is 13.7. The van der Waals surface area contributed by atoms with E-state index in [4.69, 9.17) is 0 Å². The van der Waals surface area contributed by atoms with Crippen LogP contribution in [0.5, 0.6) is 0 Å². The lowest BCUT2D eigenvalue weighted by Gasteiger charge is -2.16. The molecule has 0 rings (SSSR count). The zero-order chi connectivity index (χ0) is 10.9. The molecule has 0 amide bonds. The Morgan fingerprint density at radius 2 is 1.77 bits per heavy atom. The largest absolute Gasteiger partial charge is 0.469 e. The Morgan fingerprint density at radius 1 is 1.31 bits per heavy atom. The monoisotopic (exact) mass is 188 g/mol. The lowest BCUT2D eigenvalue weighted by Crippen LogP contribution is -2.19. The SMILES string of the molecule is CC.CCCC(C)C(C)C(=O)OC. The minimum absolute atomic E-state index is 0.0416. The molecule has 0 fully saturated rings. The predicted octanol–water partition coefficient (Wildman–Crippen LogP) is 3.26. The topological polar surface area (TPSA) is 26.3 Å². The summed E-state index contributed by atoms with van der Waals surface area (Å²) in [4.78, 5) is 11.0.